The van der Waals surface area contributed by atoms with Crippen molar-refractivity contribution in [1.29, 1.82) is 0 Å². The van der Waals surface area contributed by atoms with Crippen LogP contribution in [0.15, 0.2) is 32.4 Å². The van der Waals surface area contributed by atoms with Crippen LogP contribution in [0, 0.1) is 13.8 Å². The van der Waals surface area contributed by atoms with E-state index in [0.717, 1.165) is 0 Å². The highest BCUT2D eigenvalue weighted by molar-refractivity contribution is 5.85. The molecule has 0 aromatic carbocycles. The van der Waals surface area contributed by atoms with Crippen molar-refractivity contribution in [1.82, 2.24) is 20.4 Å². The molecule has 0 atom stereocenters. The second-order valence-corrected chi connectivity index (χ2v) is 4.68. The largest absolute Gasteiger partial charge is 0.468 e. The Morgan fingerprint density at radius 1 is 0.952 bits per heavy atom. The van der Waals surface area contributed by atoms with Gasteiger partial charge in [0.1, 0.15) is 5.76 Å². The summed E-state index contributed by atoms with van der Waals surface area (Å²) < 4.78 is 5.43. The normalized spacial score (nSPS) is 10.8. The Labute approximate surface area is 125 Å². The first-order chi connectivity index (χ1) is 9.59. The van der Waals surface area contributed by atoms with Crippen molar-refractivity contribution in [2.24, 2.45) is 0 Å². The van der Waals surface area contributed by atoms with Crippen molar-refractivity contribution in [3.8, 4) is 0 Å². The van der Waals surface area contributed by atoms with E-state index < -0.39 is 5.92 Å². The molecule has 0 amide bonds. The minimum atomic E-state index is -0.546. The summed E-state index contributed by atoms with van der Waals surface area (Å²) in [7, 11) is 0. The second kappa shape index (κ2) is 5.53. The number of aromatic amines is 4. The van der Waals surface area contributed by atoms with Crippen LogP contribution >= 0.6 is 12.4 Å². The molecular weight excluding hydrogens is 296 g/mol. The van der Waals surface area contributed by atoms with Crippen LogP contribution < -0.4 is 11.1 Å². The van der Waals surface area contributed by atoms with Gasteiger partial charge in [-0.2, -0.15) is 0 Å². The molecule has 3 rings (SSSR count). The van der Waals surface area contributed by atoms with Crippen LogP contribution in [-0.2, 0) is 0 Å². The van der Waals surface area contributed by atoms with Gasteiger partial charge in [0.15, 0.2) is 0 Å². The molecule has 21 heavy (non-hydrogen) atoms. The third kappa shape index (κ3) is 2.36. The van der Waals surface area contributed by atoms with Crippen molar-refractivity contribution in [2.45, 2.75) is 19.8 Å². The molecule has 0 fully saturated rings. The number of hydrogen-bond acceptors (Lipinski definition) is 3. The van der Waals surface area contributed by atoms with E-state index in [-0.39, 0.29) is 23.5 Å². The molecule has 0 spiro atoms. The molecule has 3 heterocycles. The quantitative estimate of drug-likeness (QED) is 0.588. The van der Waals surface area contributed by atoms with Crippen molar-refractivity contribution in [2.75, 3.05) is 0 Å². The Balaban J connectivity index is 0.00000161. The number of aryl methyl sites for hydroxylation is 2. The summed E-state index contributed by atoms with van der Waals surface area (Å²) in [5.41, 5.74) is 1.79. The van der Waals surface area contributed by atoms with Gasteiger partial charge >= 0.3 is 0 Å². The molecule has 0 saturated carbocycles. The molecular formula is C13H15ClN4O3. The van der Waals surface area contributed by atoms with Crippen molar-refractivity contribution in [3.05, 3.63) is 67.4 Å². The van der Waals surface area contributed by atoms with E-state index in [9.17, 15) is 9.59 Å². The van der Waals surface area contributed by atoms with Crippen LogP contribution in [0.2, 0.25) is 0 Å². The number of halogens is 1. The van der Waals surface area contributed by atoms with Crippen LogP contribution in [0.1, 0.15) is 34.2 Å². The summed E-state index contributed by atoms with van der Waals surface area (Å²) in [5.74, 6) is 0.00130. The Hall–Kier alpha value is -2.41. The predicted octanol–water partition coefficient (Wildman–Crippen LogP) is 1.53. The van der Waals surface area contributed by atoms with Gasteiger partial charge in [0.2, 0.25) is 0 Å². The third-order valence-corrected chi connectivity index (χ3v) is 3.43. The third-order valence-electron chi connectivity index (χ3n) is 3.43. The molecule has 0 saturated heterocycles. The van der Waals surface area contributed by atoms with Crippen LogP contribution in [0.4, 0.5) is 0 Å². The van der Waals surface area contributed by atoms with E-state index in [1.807, 2.05) is 0 Å². The Morgan fingerprint density at radius 3 is 1.81 bits per heavy atom. The van der Waals surface area contributed by atoms with E-state index in [4.69, 9.17) is 4.42 Å². The molecule has 7 nitrogen and oxygen atoms in total. The van der Waals surface area contributed by atoms with E-state index >= 15 is 0 Å². The van der Waals surface area contributed by atoms with Gasteiger partial charge in [0, 0.05) is 11.4 Å². The molecule has 3 aromatic rings. The van der Waals surface area contributed by atoms with Gasteiger partial charge in [-0.1, -0.05) is 0 Å². The lowest BCUT2D eigenvalue weighted by Crippen LogP contribution is -2.19. The molecule has 0 radical (unpaired) electrons. The zero-order valence-electron chi connectivity index (χ0n) is 11.4. The highest BCUT2D eigenvalue weighted by atomic mass is 35.5. The second-order valence-electron chi connectivity index (χ2n) is 4.68. The summed E-state index contributed by atoms with van der Waals surface area (Å²) in [6.07, 6.45) is 1.52. The fourth-order valence-electron chi connectivity index (χ4n) is 2.49. The van der Waals surface area contributed by atoms with E-state index in [1.54, 1.807) is 26.0 Å². The molecule has 3 aromatic heterocycles. The van der Waals surface area contributed by atoms with Gasteiger partial charge in [-0.15, -0.1) is 12.4 Å². The number of furan rings is 1. The minimum absolute atomic E-state index is 0. The molecule has 0 unspecified atom stereocenters. The smallest absolute Gasteiger partial charge is 0.268 e. The van der Waals surface area contributed by atoms with Crippen LogP contribution in [0.5, 0.6) is 0 Å². The van der Waals surface area contributed by atoms with Gasteiger partial charge in [0.05, 0.1) is 23.3 Å². The van der Waals surface area contributed by atoms with Crippen LogP contribution in [0.3, 0.4) is 0 Å². The summed E-state index contributed by atoms with van der Waals surface area (Å²) in [5, 5.41) is 10.6. The Morgan fingerprint density at radius 2 is 1.48 bits per heavy atom. The summed E-state index contributed by atoms with van der Waals surface area (Å²) in [6, 6.07) is 3.48. The fourth-order valence-corrected chi connectivity index (χ4v) is 2.49. The lowest BCUT2D eigenvalue weighted by molar-refractivity contribution is 0.501. The van der Waals surface area contributed by atoms with Gasteiger partial charge in [-0.25, -0.2) is 0 Å². The predicted molar refractivity (Wildman–Crippen MR) is 79.2 cm³/mol. The van der Waals surface area contributed by atoms with Crippen molar-refractivity contribution >= 4 is 12.4 Å². The van der Waals surface area contributed by atoms with Crippen molar-refractivity contribution < 1.29 is 4.42 Å². The summed E-state index contributed by atoms with van der Waals surface area (Å²) in [4.78, 5) is 24.1. The first-order valence-corrected chi connectivity index (χ1v) is 6.17. The van der Waals surface area contributed by atoms with Gasteiger partial charge < -0.3 is 14.6 Å². The Kier molecular flexibility index (Phi) is 3.95. The molecule has 4 N–H and O–H groups in total. The first kappa shape index (κ1) is 15.0. The lowest BCUT2D eigenvalue weighted by Gasteiger charge is -2.12. The van der Waals surface area contributed by atoms with Gasteiger partial charge in [-0.05, 0) is 26.0 Å². The Bertz CT molecular complexity index is 783. The van der Waals surface area contributed by atoms with Crippen LogP contribution in [0.25, 0.3) is 0 Å². The maximum Gasteiger partial charge on any atom is 0.268 e. The van der Waals surface area contributed by atoms with E-state index in [0.29, 0.717) is 28.3 Å². The maximum absolute atomic E-state index is 12.0. The van der Waals surface area contributed by atoms with E-state index in [2.05, 4.69) is 20.4 Å². The number of nitrogens with one attached hydrogen (secondary N) is 4. The van der Waals surface area contributed by atoms with Gasteiger partial charge in [0.25, 0.3) is 11.1 Å². The number of hydrogen-bond donors (Lipinski definition) is 4. The summed E-state index contributed by atoms with van der Waals surface area (Å²) in [6.45, 7) is 3.55. The molecule has 8 heteroatoms. The first-order valence-electron chi connectivity index (χ1n) is 6.17. The molecule has 0 aliphatic carbocycles. The highest BCUT2D eigenvalue weighted by Crippen LogP contribution is 2.30. The fraction of sp³-hybridized carbons (Fsp3) is 0.231. The molecule has 112 valence electrons. The van der Waals surface area contributed by atoms with Crippen molar-refractivity contribution in [3.63, 3.8) is 0 Å². The van der Waals surface area contributed by atoms with Gasteiger partial charge in [-0.3, -0.25) is 19.8 Å². The lowest BCUT2D eigenvalue weighted by atomic mass is 9.89. The minimum Gasteiger partial charge on any atom is -0.468 e. The zero-order valence-corrected chi connectivity index (χ0v) is 12.3. The average Bonchev–Trinajstić information content (AvgIpc) is 3.11. The number of H-pyrrole nitrogens is 4. The highest BCUT2D eigenvalue weighted by Gasteiger charge is 2.29. The average molecular weight is 311 g/mol. The zero-order chi connectivity index (χ0) is 14.3. The maximum atomic E-state index is 12.0. The number of rotatable bonds is 3. The standard InChI is InChI=1S/C13H14N4O3.ClH/c1-6-9(12(18)16-14-6)11(8-4-3-5-20-8)10-7(2)15-17-13(10)19;/h3-5,11H,1-2H3,(H2,14,16,18)(H2,15,17,19);1H. The molecule has 0 aliphatic heterocycles. The van der Waals surface area contributed by atoms with E-state index in [1.165, 1.54) is 6.26 Å². The topological polar surface area (TPSA) is 110 Å². The van der Waals surface area contributed by atoms with Crippen LogP contribution in [-0.4, -0.2) is 20.4 Å². The molecule has 0 aliphatic rings. The SMILES string of the molecule is Cc1[nH][nH]c(=O)c1C(c1ccco1)c1c(C)[nH][nH]c1=O.Cl. The summed E-state index contributed by atoms with van der Waals surface area (Å²) >= 11 is 0. The molecule has 0 bridgehead atoms. The number of aromatic nitrogens is 4. The monoisotopic (exact) mass is 310 g/mol.